The summed E-state index contributed by atoms with van der Waals surface area (Å²) in [6.07, 6.45) is -0.225. The van der Waals surface area contributed by atoms with Crippen molar-refractivity contribution in [2.24, 2.45) is 11.5 Å². The molecule has 0 aliphatic rings. The van der Waals surface area contributed by atoms with Crippen LogP contribution in [0.4, 0.5) is 0 Å². The van der Waals surface area contributed by atoms with E-state index in [1.807, 2.05) is 0 Å². The Morgan fingerprint density at radius 2 is 2.08 bits per heavy atom. The molecule has 0 aromatic rings. The van der Waals surface area contributed by atoms with Crippen LogP contribution in [0.1, 0.15) is 19.8 Å². The lowest BCUT2D eigenvalue weighted by Crippen LogP contribution is -2.46. The van der Waals surface area contributed by atoms with Crippen LogP contribution in [0, 0.1) is 0 Å². The van der Waals surface area contributed by atoms with Gasteiger partial charge in [0.15, 0.2) is 0 Å². The van der Waals surface area contributed by atoms with E-state index in [-0.39, 0.29) is 12.8 Å². The standard InChI is InChI=1S/C7H15N3O3/c1-4(8)10-5(7(12)13)2-3-6(9)11/h4-5,10H,2-3,8H2,1H3,(H2,9,11)(H,12,13). The number of nitrogens with two attached hydrogens (primary N) is 2. The predicted molar refractivity (Wildman–Crippen MR) is 46.6 cm³/mol. The summed E-state index contributed by atoms with van der Waals surface area (Å²) in [5.74, 6) is -1.55. The minimum Gasteiger partial charge on any atom is -0.480 e. The molecule has 13 heavy (non-hydrogen) atoms. The van der Waals surface area contributed by atoms with Gasteiger partial charge in [0.05, 0.1) is 6.17 Å². The Bertz CT molecular complexity index is 193. The number of aliphatic carboxylic acids is 1. The third-order valence-corrected chi connectivity index (χ3v) is 1.44. The molecule has 0 heterocycles. The maximum atomic E-state index is 10.6. The summed E-state index contributed by atoms with van der Waals surface area (Å²) in [6.45, 7) is 1.63. The summed E-state index contributed by atoms with van der Waals surface area (Å²) in [5.41, 5.74) is 10.2. The first kappa shape index (κ1) is 11.9. The molecule has 2 unspecified atom stereocenters. The molecule has 0 radical (unpaired) electrons. The molecule has 6 N–H and O–H groups in total. The van der Waals surface area contributed by atoms with Crippen molar-refractivity contribution in [1.29, 1.82) is 0 Å². The van der Waals surface area contributed by atoms with E-state index >= 15 is 0 Å². The third-order valence-electron chi connectivity index (χ3n) is 1.44. The van der Waals surface area contributed by atoms with Crippen molar-refractivity contribution in [1.82, 2.24) is 5.32 Å². The van der Waals surface area contributed by atoms with Gasteiger partial charge in [-0.2, -0.15) is 0 Å². The van der Waals surface area contributed by atoms with Gasteiger partial charge in [-0.1, -0.05) is 0 Å². The van der Waals surface area contributed by atoms with Crippen molar-refractivity contribution in [2.75, 3.05) is 0 Å². The van der Waals surface area contributed by atoms with Crippen LogP contribution < -0.4 is 16.8 Å². The molecular formula is C7H15N3O3. The van der Waals surface area contributed by atoms with Gasteiger partial charge in [0, 0.05) is 6.42 Å². The number of carbonyl (C=O) groups is 2. The van der Waals surface area contributed by atoms with E-state index < -0.39 is 24.1 Å². The molecule has 0 aliphatic carbocycles. The van der Waals surface area contributed by atoms with Gasteiger partial charge >= 0.3 is 5.97 Å². The summed E-state index contributed by atoms with van der Waals surface area (Å²) in [7, 11) is 0. The molecule has 1 amide bonds. The molecule has 0 aromatic carbocycles. The molecule has 0 saturated carbocycles. The van der Waals surface area contributed by atoms with E-state index in [4.69, 9.17) is 16.6 Å². The Morgan fingerprint density at radius 1 is 1.54 bits per heavy atom. The summed E-state index contributed by atoms with van der Waals surface area (Å²) >= 11 is 0. The smallest absolute Gasteiger partial charge is 0.320 e. The SMILES string of the molecule is CC(N)NC(CCC(N)=O)C(=O)O. The van der Waals surface area contributed by atoms with E-state index in [1.165, 1.54) is 0 Å². The number of amides is 1. The van der Waals surface area contributed by atoms with Crippen LogP contribution in [0.3, 0.4) is 0 Å². The van der Waals surface area contributed by atoms with Crippen molar-refractivity contribution in [3.63, 3.8) is 0 Å². The first-order valence-electron chi connectivity index (χ1n) is 3.96. The molecule has 0 fully saturated rings. The maximum Gasteiger partial charge on any atom is 0.320 e. The van der Waals surface area contributed by atoms with Crippen molar-refractivity contribution < 1.29 is 14.7 Å². The monoisotopic (exact) mass is 189 g/mol. The minimum atomic E-state index is -1.03. The molecule has 76 valence electrons. The van der Waals surface area contributed by atoms with Crippen LogP contribution in [0.5, 0.6) is 0 Å². The fourth-order valence-electron chi connectivity index (χ4n) is 0.882. The molecule has 0 saturated heterocycles. The van der Waals surface area contributed by atoms with Crippen LogP contribution in [0.15, 0.2) is 0 Å². The van der Waals surface area contributed by atoms with Crippen molar-refractivity contribution in [2.45, 2.75) is 32.0 Å². The number of hydrogen-bond donors (Lipinski definition) is 4. The van der Waals surface area contributed by atoms with Gasteiger partial charge in [0.2, 0.25) is 5.91 Å². The first-order chi connectivity index (χ1) is 5.93. The number of primary amides is 1. The average Bonchev–Trinajstić information content (AvgIpc) is 1.96. The third kappa shape index (κ3) is 6.06. The topological polar surface area (TPSA) is 118 Å². The molecule has 0 rings (SSSR count). The Labute approximate surface area is 76.3 Å². The van der Waals surface area contributed by atoms with Gasteiger partial charge in [0.25, 0.3) is 0 Å². The van der Waals surface area contributed by atoms with E-state index in [0.717, 1.165) is 0 Å². The Kier molecular flexibility index (Phi) is 5.01. The summed E-state index contributed by atoms with van der Waals surface area (Å²) in [4.78, 5) is 21.0. The number of carboxylic acid groups (broad SMARTS) is 1. The van der Waals surface area contributed by atoms with Crippen LogP contribution in [-0.2, 0) is 9.59 Å². The molecule has 0 aliphatic heterocycles. The zero-order chi connectivity index (χ0) is 10.4. The van der Waals surface area contributed by atoms with Gasteiger partial charge in [-0.05, 0) is 13.3 Å². The fraction of sp³-hybridized carbons (Fsp3) is 0.714. The summed E-state index contributed by atoms with van der Waals surface area (Å²) < 4.78 is 0. The van der Waals surface area contributed by atoms with E-state index in [0.29, 0.717) is 0 Å². The zero-order valence-corrected chi connectivity index (χ0v) is 7.49. The Hall–Kier alpha value is -1.14. The highest BCUT2D eigenvalue weighted by atomic mass is 16.4. The van der Waals surface area contributed by atoms with Crippen LogP contribution >= 0.6 is 0 Å². The number of nitrogens with one attached hydrogen (secondary N) is 1. The summed E-state index contributed by atoms with van der Waals surface area (Å²) in [6, 6.07) is -0.813. The second-order valence-electron chi connectivity index (χ2n) is 2.85. The number of hydrogen-bond acceptors (Lipinski definition) is 4. The Morgan fingerprint density at radius 3 is 2.38 bits per heavy atom. The minimum absolute atomic E-state index is 0.0384. The van der Waals surface area contributed by atoms with Crippen LogP contribution in [-0.4, -0.2) is 29.2 Å². The van der Waals surface area contributed by atoms with Gasteiger partial charge in [-0.15, -0.1) is 0 Å². The summed E-state index contributed by atoms with van der Waals surface area (Å²) in [5, 5.41) is 11.3. The average molecular weight is 189 g/mol. The van der Waals surface area contributed by atoms with E-state index in [9.17, 15) is 9.59 Å². The molecule has 0 spiro atoms. The van der Waals surface area contributed by atoms with Gasteiger partial charge in [-0.3, -0.25) is 14.9 Å². The highest BCUT2D eigenvalue weighted by Gasteiger charge is 2.18. The van der Waals surface area contributed by atoms with E-state index in [1.54, 1.807) is 6.92 Å². The molecule has 2 atom stereocenters. The largest absolute Gasteiger partial charge is 0.480 e. The van der Waals surface area contributed by atoms with Crippen molar-refractivity contribution >= 4 is 11.9 Å². The van der Waals surface area contributed by atoms with Gasteiger partial charge < -0.3 is 16.6 Å². The first-order valence-corrected chi connectivity index (χ1v) is 3.96. The van der Waals surface area contributed by atoms with Crippen LogP contribution in [0.2, 0.25) is 0 Å². The number of carbonyl (C=O) groups excluding carboxylic acids is 1. The lowest BCUT2D eigenvalue weighted by molar-refractivity contribution is -0.139. The van der Waals surface area contributed by atoms with Crippen LogP contribution in [0.25, 0.3) is 0 Å². The maximum absolute atomic E-state index is 10.6. The normalized spacial score (nSPS) is 14.9. The highest BCUT2D eigenvalue weighted by Crippen LogP contribution is 1.97. The number of carboxylic acids is 1. The number of rotatable bonds is 6. The molecule has 6 heteroatoms. The molecule has 0 aromatic heterocycles. The molecule has 6 nitrogen and oxygen atoms in total. The highest BCUT2D eigenvalue weighted by molar-refractivity contribution is 5.77. The second kappa shape index (κ2) is 5.50. The molecule has 0 bridgehead atoms. The predicted octanol–water partition coefficient (Wildman–Crippen LogP) is -1.40. The lowest BCUT2D eigenvalue weighted by Gasteiger charge is -2.15. The van der Waals surface area contributed by atoms with Gasteiger partial charge in [0.1, 0.15) is 6.04 Å². The fourth-order valence-corrected chi connectivity index (χ4v) is 0.882. The lowest BCUT2D eigenvalue weighted by atomic mass is 10.1. The van der Waals surface area contributed by atoms with Crippen molar-refractivity contribution in [3.8, 4) is 0 Å². The van der Waals surface area contributed by atoms with Crippen molar-refractivity contribution in [3.05, 3.63) is 0 Å². The molecular weight excluding hydrogens is 174 g/mol. The Balaban J connectivity index is 3.95. The quantitative estimate of drug-likeness (QED) is 0.383. The van der Waals surface area contributed by atoms with E-state index in [2.05, 4.69) is 5.32 Å². The van der Waals surface area contributed by atoms with Gasteiger partial charge in [-0.25, -0.2) is 0 Å². The zero-order valence-electron chi connectivity index (χ0n) is 7.49. The second-order valence-corrected chi connectivity index (χ2v) is 2.85.